The van der Waals surface area contributed by atoms with Gasteiger partial charge in [0.15, 0.2) is 0 Å². The molecule has 1 atom stereocenters. The molecule has 0 saturated carbocycles. The monoisotopic (exact) mass is 282 g/mol. The summed E-state index contributed by atoms with van der Waals surface area (Å²) in [6.07, 6.45) is 0. The van der Waals surface area contributed by atoms with E-state index < -0.39 is 0 Å². The van der Waals surface area contributed by atoms with Crippen molar-refractivity contribution in [1.29, 1.82) is 0 Å². The van der Waals surface area contributed by atoms with Gasteiger partial charge in [-0.2, -0.15) is 0 Å². The van der Waals surface area contributed by atoms with Gasteiger partial charge in [-0.15, -0.1) is 0 Å². The number of halogens is 1. The predicted molar refractivity (Wildman–Crippen MR) is 79.3 cm³/mol. The summed E-state index contributed by atoms with van der Waals surface area (Å²) in [6, 6.07) is 4.28. The molecule has 1 aromatic carbocycles. The second-order valence-electron chi connectivity index (χ2n) is 6.22. The van der Waals surface area contributed by atoms with Crippen molar-refractivity contribution in [3.05, 3.63) is 33.8 Å². The van der Waals surface area contributed by atoms with Gasteiger partial charge in [-0.1, -0.05) is 31.5 Å². The Bertz CT molecular complexity index is 473. The van der Waals surface area contributed by atoms with Crippen molar-refractivity contribution >= 4 is 11.6 Å². The quantitative estimate of drug-likeness (QED) is 0.892. The Morgan fingerprint density at radius 3 is 2.74 bits per heavy atom. The maximum Gasteiger partial charge on any atom is 0.0494 e. The molecule has 0 amide bonds. The molecule has 1 unspecified atom stereocenters. The van der Waals surface area contributed by atoms with Crippen molar-refractivity contribution in [2.45, 2.75) is 33.4 Å². The first-order chi connectivity index (χ1) is 8.89. The minimum Gasteiger partial charge on any atom is -0.396 e. The van der Waals surface area contributed by atoms with Crippen LogP contribution in [0.1, 0.15) is 36.6 Å². The molecule has 0 saturated heterocycles. The Balaban J connectivity index is 2.30. The van der Waals surface area contributed by atoms with Crippen molar-refractivity contribution in [1.82, 2.24) is 4.90 Å². The zero-order chi connectivity index (χ0) is 14.2. The van der Waals surface area contributed by atoms with Crippen LogP contribution in [0.25, 0.3) is 0 Å². The van der Waals surface area contributed by atoms with Gasteiger partial charge in [0.2, 0.25) is 0 Å². The maximum atomic E-state index is 9.45. The van der Waals surface area contributed by atoms with Crippen LogP contribution in [0.3, 0.4) is 0 Å². The summed E-state index contributed by atoms with van der Waals surface area (Å²) in [6.45, 7) is 8.68. The van der Waals surface area contributed by atoms with E-state index in [2.05, 4.69) is 31.7 Å². The molecule has 3 N–H and O–H groups in total. The molecule has 3 nitrogen and oxygen atoms in total. The van der Waals surface area contributed by atoms with Crippen LogP contribution in [0.2, 0.25) is 5.02 Å². The summed E-state index contributed by atoms with van der Waals surface area (Å²) >= 11 is 6.20. The first kappa shape index (κ1) is 14.8. The van der Waals surface area contributed by atoms with Gasteiger partial charge >= 0.3 is 0 Å². The summed E-state index contributed by atoms with van der Waals surface area (Å²) in [5, 5.41) is 10.3. The molecule has 1 aliphatic rings. The molecule has 0 fully saturated rings. The Kier molecular flexibility index (Phi) is 4.21. The van der Waals surface area contributed by atoms with E-state index in [9.17, 15) is 5.11 Å². The zero-order valence-electron chi connectivity index (χ0n) is 11.9. The van der Waals surface area contributed by atoms with Crippen molar-refractivity contribution < 1.29 is 5.11 Å². The van der Waals surface area contributed by atoms with Crippen LogP contribution in [0.15, 0.2) is 12.1 Å². The van der Waals surface area contributed by atoms with Crippen LogP contribution >= 0.6 is 11.6 Å². The number of hydrogen-bond acceptors (Lipinski definition) is 3. The van der Waals surface area contributed by atoms with E-state index in [1.807, 2.05) is 6.07 Å². The SMILES string of the molecule is Cc1c(Cl)ccc2c1CN(CC(C)(C)CO)C2CN. The lowest BCUT2D eigenvalue weighted by Gasteiger charge is -2.32. The smallest absolute Gasteiger partial charge is 0.0494 e. The number of nitrogens with two attached hydrogens (primary N) is 1. The molecule has 0 bridgehead atoms. The molecule has 0 aromatic heterocycles. The first-order valence-corrected chi connectivity index (χ1v) is 7.10. The van der Waals surface area contributed by atoms with E-state index in [0.717, 1.165) is 23.7 Å². The van der Waals surface area contributed by atoms with E-state index in [4.69, 9.17) is 17.3 Å². The summed E-state index contributed by atoms with van der Waals surface area (Å²) in [4.78, 5) is 2.35. The fraction of sp³-hybridized carbons (Fsp3) is 0.600. The molecule has 2 rings (SSSR count). The second kappa shape index (κ2) is 5.41. The minimum atomic E-state index is -0.118. The lowest BCUT2D eigenvalue weighted by atomic mass is 9.93. The maximum absolute atomic E-state index is 9.45. The molecule has 0 aliphatic carbocycles. The second-order valence-corrected chi connectivity index (χ2v) is 6.63. The van der Waals surface area contributed by atoms with E-state index in [-0.39, 0.29) is 18.1 Å². The summed E-state index contributed by atoms with van der Waals surface area (Å²) < 4.78 is 0. The molecule has 0 spiro atoms. The van der Waals surface area contributed by atoms with E-state index in [1.54, 1.807) is 0 Å². The third-order valence-corrected chi connectivity index (χ3v) is 4.42. The van der Waals surface area contributed by atoms with Crippen LogP contribution in [0.4, 0.5) is 0 Å². The summed E-state index contributed by atoms with van der Waals surface area (Å²) in [5.41, 5.74) is 9.58. The molecule has 4 heteroatoms. The molecule has 1 heterocycles. The van der Waals surface area contributed by atoms with Gasteiger partial charge in [0.1, 0.15) is 0 Å². The Morgan fingerprint density at radius 1 is 1.47 bits per heavy atom. The Labute approximate surface area is 120 Å². The molecule has 1 aromatic rings. The van der Waals surface area contributed by atoms with Crippen molar-refractivity contribution in [2.75, 3.05) is 19.7 Å². The van der Waals surface area contributed by atoms with E-state index in [1.165, 1.54) is 11.1 Å². The minimum absolute atomic E-state index is 0.118. The summed E-state index contributed by atoms with van der Waals surface area (Å²) in [5.74, 6) is 0. The number of fused-ring (bicyclic) bond motifs is 1. The molecule has 0 radical (unpaired) electrons. The molecular weight excluding hydrogens is 260 g/mol. The third kappa shape index (κ3) is 2.79. The average Bonchev–Trinajstić information content (AvgIpc) is 2.71. The van der Waals surface area contributed by atoms with E-state index in [0.29, 0.717) is 6.54 Å². The van der Waals surface area contributed by atoms with Gasteiger partial charge < -0.3 is 10.8 Å². The number of hydrogen-bond donors (Lipinski definition) is 2. The van der Waals surface area contributed by atoms with E-state index >= 15 is 0 Å². The van der Waals surface area contributed by atoms with Crippen molar-refractivity contribution in [2.24, 2.45) is 11.1 Å². The van der Waals surface area contributed by atoms with Crippen molar-refractivity contribution in [3.8, 4) is 0 Å². The largest absolute Gasteiger partial charge is 0.396 e. The van der Waals surface area contributed by atoms with Crippen LogP contribution in [0.5, 0.6) is 0 Å². The molecule has 1 aliphatic heterocycles. The fourth-order valence-electron chi connectivity index (χ4n) is 2.82. The highest BCUT2D eigenvalue weighted by Gasteiger charge is 2.33. The van der Waals surface area contributed by atoms with Gasteiger partial charge in [0.25, 0.3) is 0 Å². The van der Waals surface area contributed by atoms with Gasteiger partial charge in [-0.3, -0.25) is 4.90 Å². The van der Waals surface area contributed by atoms with Crippen LogP contribution in [-0.4, -0.2) is 29.7 Å². The van der Waals surface area contributed by atoms with Crippen molar-refractivity contribution in [3.63, 3.8) is 0 Å². The topological polar surface area (TPSA) is 49.5 Å². The Morgan fingerprint density at radius 2 is 2.16 bits per heavy atom. The highest BCUT2D eigenvalue weighted by Crippen LogP contribution is 2.38. The number of rotatable bonds is 4. The molecule has 19 heavy (non-hydrogen) atoms. The lowest BCUT2D eigenvalue weighted by Crippen LogP contribution is -2.37. The molecular formula is C15H23ClN2O. The van der Waals surface area contributed by atoms with Crippen LogP contribution < -0.4 is 5.73 Å². The number of aliphatic hydroxyl groups is 1. The number of benzene rings is 1. The standard InChI is InChI=1S/C15H23ClN2O/c1-10-12-7-18(8-15(2,3)9-19)14(6-17)11(12)4-5-13(10)16/h4-5,14,19H,6-9,17H2,1-3H3. The highest BCUT2D eigenvalue weighted by molar-refractivity contribution is 6.31. The predicted octanol–water partition coefficient (Wildman–Crippen LogP) is 2.48. The normalized spacial score (nSPS) is 19.8. The Hall–Kier alpha value is -0.610. The summed E-state index contributed by atoms with van der Waals surface area (Å²) in [7, 11) is 0. The molecule has 106 valence electrons. The van der Waals surface area contributed by atoms with Gasteiger partial charge in [0.05, 0.1) is 0 Å². The van der Waals surface area contributed by atoms with Gasteiger partial charge in [-0.25, -0.2) is 0 Å². The van der Waals surface area contributed by atoms with Crippen LogP contribution in [0, 0.1) is 12.3 Å². The van der Waals surface area contributed by atoms with Gasteiger partial charge in [-0.05, 0) is 29.7 Å². The highest BCUT2D eigenvalue weighted by atomic mass is 35.5. The fourth-order valence-corrected chi connectivity index (χ4v) is 3.00. The zero-order valence-corrected chi connectivity index (χ0v) is 12.7. The average molecular weight is 283 g/mol. The number of aliphatic hydroxyl groups excluding tert-OH is 1. The lowest BCUT2D eigenvalue weighted by molar-refractivity contribution is 0.0845. The first-order valence-electron chi connectivity index (χ1n) is 6.72. The number of nitrogens with zero attached hydrogens (tertiary/aromatic N) is 1. The third-order valence-electron chi connectivity index (χ3n) is 4.01. The van der Waals surface area contributed by atoms with Crippen LogP contribution in [-0.2, 0) is 6.54 Å². The van der Waals surface area contributed by atoms with Gasteiger partial charge in [0, 0.05) is 42.7 Å².